The largest absolute Gasteiger partial charge is 0.480 e. The molecule has 12 amide bonds. The zero-order valence-electron chi connectivity index (χ0n) is 63.5. The molecule has 0 saturated carbocycles. The number of unbranched alkanes of at least 4 members (excludes halogenated alkanes) is 4. The molecule has 0 radical (unpaired) electrons. The van der Waals surface area contributed by atoms with Gasteiger partial charge >= 0.3 is 5.97 Å². The maximum absolute atomic E-state index is 14.4. The maximum atomic E-state index is 14.4. The summed E-state index contributed by atoms with van der Waals surface area (Å²) in [6, 6.07) is -6.51. The van der Waals surface area contributed by atoms with E-state index in [-0.39, 0.29) is 113 Å². The van der Waals surface area contributed by atoms with Gasteiger partial charge < -0.3 is 97.6 Å². The van der Waals surface area contributed by atoms with E-state index in [2.05, 4.69) is 63.8 Å². The molecule has 0 aliphatic heterocycles. The van der Waals surface area contributed by atoms with Crippen LogP contribution in [-0.4, -0.2) is 187 Å². The lowest BCUT2D eigenvalue weighted by Crippen LogP contribution is -2.60. The molecule has 1 aromatic rings. The second kappa shape index (κ2) is 50.5. The van der Waals surface area contributed by atoms with Gasteiger partial charge in [-0.15, -0.1) is 0 Å². The summed E-state index contributed by atoms with van der Waals surface area (Å²) in [7, 11) is 0. The Bertz CT molecular complexity index is 2810. The molecule has 13 atom stereocenters. The van der Waals surface area contributed by atoms with Gasteiger partial charge in [-0.05, 0) is 198 Å². The van der Waals surface area contributed by atoms with E-state index in [1.165, 1.54) is 20.8 Å². The van der Waals surface area contributed by atoms with E-state index in [1.807, 2.05) is 85.7 Å². The van der Waals surface area contributed by atoms with E-state index >= 15 is 0 Å². The average Bonchev–Trinajstić information content (AvgIpc) is 0.866. The van der Waals surface area contributed by atoms with E-state index < -0.39 is 155 Å². The van der Waals surface area contributed by atoms with Crippen LogP contribution in [0.15, 0.2) is 30.3 Å². The van der Waals surface area contributed by atoms with Crippen molar-refractivity contribution in [2.45, 2.75) is 284 Å². The van der Waals surface area contributed by atoms with Crippen LogP contribution in [-0.2, 0) is 68.7 Å². The van der Waals surface area contributed by atoms with Crippen molar-refractivity contribution in [2.75, 3.05) is 26.2 Å². The van der Waals surface area contributed by atoms with Gasteiger partial charge in [0, 0.05) is 0 Å². The summed E-state index contributed by atoms with van der Waals surface area (Å²) in [6.45, 7) is 23.5. The van der Waals surface area contributed by atoms with Gasteiger partial charge in [0.2, 0.25) is 70.9 Å². The lowest BCUT2D eigenvalue weighted by Gasteiger charge is -2.28. The quantitative estimate of drug-likeness (QED) is 0.0389. The minimum atomic E-state index is -1.31. The van der Waals surface area contributed by atoms with Gasteiger partial charge in [-0.3, -0.25) is 57.5 Å². The Hall–Kier alpha value is -7.87. The number of benzene rings is 1. The van der Waals surface area contributed by atoms with Crippen molar-refractivity contribution in [1.29, 1.82) is 0 Å². The molecule has 1 aromatic carbocycles. The van der Waals surface area contributed by atoms with Gasteiger partial charge in [-0.25, -0.2) is 4.79 Å². The predicted octanol–water partition coefficient (Wildman–Crippen LogP) is 0.265. The molecule has 0 saturated heterocycles. The smallest absolute Gasteiger partial charge is 0.326 e. The predicted molar refractivity (Wildman–Crippen MR) is 395 cm³/mol. The molecule has 1 rings (SSSR count). The molecular formula is C72H129N17O14. The summed E-state index contributed by atoms with van der Waals surface area (Å²) in [5, 5.41) is 42.2. The summed E-state index contributed by atoms with van der Waals surface area (Å²) in [4.78, 5) is 180. The minimum absolute atomic E-state index is 0.0545. The number of hydrogen-bond acceptors (Lipinski definition) is 18. The number of hydrogen-bond donors (Lipinski definition) is 18. The topological polar surface area (TPSA) is 517 Å². The highest BCUT2D eigenvalue weighted by molar-refractivity contribution is 5.99. The number of rotatable bonds is 53. The molecule has 586 valence electrons. The first-order valence-corrected chi connectivity index (χ1v) is 37.0. The molecule has 0 bridgehead atoms. The van der Waals surface area contributed by atoms with Crippen LogP contribution in [0.4, 0.5) is 0 Å². The Labute approximate surface area is 610 Å². The summed E-state index contributed by atoms with van der Waals surface area (Å²) < 4.78 is 0. The summed E-state index contributed by atoms with van der Waals surface area (Å²) in [6.07, 6.45) is 4.63. The minimum Gasteiger partial charge on any atom is -0.480 e. The Balaban J connectivity index is 3.40. The van der Waals surface area contributed by atoms with Gasteiger partial charge in [0.05, 0.1) is 6.04 Å². The molecule has 31 nitrogen and oxygen atoms in total. The van der Waals surface area contributed by atoms with Crippen LogP contribution >= 0.6 is 0 Å². The fourth-order valence-corrected chi connectivity index (χ4v) is 11.2. The number of aliphatic carboxylic acids is 1. The molecule has 103 heavy (non-hydrogen) atoms. The van der Waals surface area contributed by atoms with Crippen molar-refractivity contribution in [1.82, 2.24) is 63.8 Å². The third-order valence-electron chi connectivity index (χ3n) is 16.9. The number of carboxylic acid groups (broad SMARTS) is 1. The van der Waals surface area contributed by atoms with Crippen molar-refractivity contribution < 1.29 is 67.4 Å². The van der Waals surface area contributed by atoms with Gasteiger partial charge in [0.15, 0.2) is 0 Å². The summed E-state index contributed by atoms with van der Waals surface area (Å²) >= 11 is 0. The lowest BCUT2D eigenvalue weighted by atomic mass is 9.99. The molecule has 0 aliphatic rings. The Morgan fingerprint density at radius 2 is 0.505 bits per heavy atom. The number of nitrogens with one attached hydrogen (secondary N) is 12. The number of carboxylic acids is 1. The van der Waals surface area contributed by atoms with Crippen LogP contribution in [0, 0.1) is 29.6 Å². The van der Waals surface area contributed by atoms with Gasteiger partial charge in [-0.1, -0.05) is 99.6 Å². The normalized spacial score (nSPS) is 15.3. The van der Waals surface area contributed by atoms with Crippen molar-refractivity contribution in [3.63, 3.8) is 0 Å². The van der Waals surface area contributed by atoms with Gasteiger partial charge in [0.1, 0.15) is 72.5 Å². The first-order valence-electron chi connectivity index (χ1n) is 37.0. The van der Waals surface area contributed by atoms with Crippen LogP contribution in [0.25, 0.3) is 0 Å². The van der Waals surface area contributed by atoms with Gasteiger partial charge in [0.25, 0.3) is 0 Å². The molecule has 0 unspecified atom stereocenters. The highest BCUT2D eigenvalue weighted by atomic mass is 16.4. The maximum Gasteiger partial charge on any atom is 0.326 e. The highest BCUT2D eigenvalue weighted by Gasteiger charge is 2.37. The fourth-order valence-electron chi connectivity index (χ4n) is 11.2. The second-order valence-electron chi connectivity index (χ2n) is 29.2. The zero-order chi connectivity index (χ0) is 78.1. The number of amides is 12. The molecule has 0 heterocycles. The Kier molecular flexibility index (Phi) is 45.7. The molecular weight excluding hydrogens is 1330 g/mol. The number of carbonyl (C=O) groups is 13. The first-order chi connectivity index (χ1) is 48.5. The van der Waals surface area contributed by atoms with E-state index in [0.29, 0.717) is 57.9 Å². The fraction of sp³-hybridized carbons (Fsp3) is 0.736. The molecule has 0 fully saturated rings. The Morgan fingerprint density at radius 3 is 0.757 bits per heavy atom. The highest BCUT2D eigenvalue weighted by Crippen LogP contribution is 2.16. The number of nitrogens with two attached hydrogens (primary N) is 5. The summed E-state index contributed by atoms with van der Waals surface area (Å²) in [5.41, 5.74) is 30.2. The molecule has 0 aliphatic carbocycles. The van der Waals surface area contributed by atoms with E-state index in [9.17, 15) is 67.4 Å². The van der Waals surface area contributed by atoms with E-state index in [1.54, 1.807) is 13.8 Å². The summed E-state index contributed by atoms with van der Waals surface area (Å²) in [5.74, 6) is -10.6. The van der Waals surface area contributed by atoms with Crippen LogP contribution in [0.5, 0.6) is 0 Å². The van der Waals surface area contributed by atoms with E-state index in [0.717, 1.165) is 5.56 Å². The average molecular weight is 1460 g/mol. The SMILES string of the molecule is CC(C)C[C@H](NC(=O)[C@H](CC(C)C)NC(=O)[C@H](CCCCN)NC(=O)[C@H](CCCCN)NC(=O)[C@H](C)NC(=O)[C@H](CC(C)C)NC(=O)[C@H](CCCCN)NC(=O)[C@H](C)NC(=O)[C@H](CC(C)C)NC(=O)[C@H](CC(C)C)NC(=O)[C@H](CCCCN)NC(=O)[C@H](C)NC(=O)[C@@H](N)Cc1ccccc1)C(=O)O. The van der Waals surface area contributed by atoms with Crippen LogP contribution in [0.2, 0.25) is 0 Å². The van der Waals surface area contributed by atoms with Crippen LogP contribution in [0.3, 0.4) is 0 Å². The zero-order valence-corrected chi connectivity index (χ0v) is 63.5. The third-order valence-corrected chi connectivity index (χ3v) is 16.9. The lowest BCUT2D eigenvalue weighted by molar-refractivity contribution is -0.143. The van der Waals surface area contributed by atoms with Crippen LogP contribution in [0.1, 0.15) is 205 Å². The molecule has 31 heteroatoms. The second-order valence-corrected chi connectivity index (χ2v) is 29.2. The standard InChI is InChI=1S/C72H129N17O14/c1-41(2)35-55(68(98)79-47(12)61(91)81-51(27-17-21-31-73)64(94)84-54(30-20-24-34-76)67(97)87-58(38-44(7)8)71(101)89-59(72(102)103)39-45(9)10)85-65(95)52(28-18-22-32-74)83-62(92)48(13)80-69(99)56(36-42(3)4)88-70(100)57(37-43(5)6)86-66(96)53(29-19-23-33-75)82-60(90)46(11)78-63(93)50(77)40-49-25-15-14-16-26-49/h14-16,25-26,41-48,50-59H,17-24,27-40,73-77H2,1-13H3,(H,78,93)(H,79,98)(H,80,99)(H,81,91)(H,82,90)(H,83,92)(H,84,94)(H,85,95)(H,86,96)(H,87,97)(H,88,100)(H,89,101)(H,102,103)/t46-,47-,48-,50-,51-,52-,53-,54-,55-,56-,57-,58-,59-/m0/s1. The number of carbonyl (C=O) groups excluding carboxylic acids is 12. The third kappa shape index (κ3) is 38.5. The molecule has 0 aromatic heterocycles. The monoisotopic (exact) mass is 1460 g/mol. The van der Waals surface area contributed by atoms with Crippen molar-refractivity contribution in [3.05, 3.63) is 35.9 Å². The Morgan fingerprint density at radius 1 is 0.291 bits per heavy atom. The van der Waals surface area contributed by atoms with Crippen molar-refractivity contribution >= 4 is 76.9 Å². The van der Waals surface area contributed by atoms with Gasteiger partial charge in [-0.2, -0.15) is 0 Å². The van der Waals surface area contributed by atoms with E-state index in [4.69, 9.17) is 28.7 Å². The van der Waals surface area contributed by atoms with Crippen molar-refractivity contribution in [2.24, 2.45) is 58.3 Å². The van der Waals surface area contributed by atoms with Crippen LogP contribution < -0.4 is 92.5 Å². The molecule has 0 spiro atoms. The molecule has 23 N–H and O–H groups in total. The van der Waals surface area contributed by atoms with Crippen molar-refractivity contribution in [3.8, 4) is 0 Å². The first kappa shape index (κ1) is 93.1.